The highest BCUT2D eigenvalue weighted by Gasteiger charge is 2.03. The fraction of sp³-hybridized carbons (Fsp3) is 0.368. The van der Waals surface area contributed by atoms with E-state index < -0.39 is 0 Å². The molecule has 106 valence electrons. The molecule has 0 fully saturated rings. The molecule has 2 aromatic carbocycles. The molecule has 0 saturated carbocycles. The molecule has 1 unspecified atom stereocenters. The first-order chi connectivity index (χ1) is 9.72. The Labute approximate surface area is 122 Å². The maximum absolute atomic E-state index is 5.83. The molecule has 0 aromatic heterocycles. The van der Waals surface area contributed by atoms with Crippen LogP contribution >= 0.6 is 0 Å². The van der Waals surface area contributed by atoms with E-state index in [-0.39, 0.29) is 0 Å². The molecule has 0 amide bonds. The Hall–Kier alpha value is -1.76. The predicted molar refractivity (Wildman–Crippen MR) is 85.3 cm³/mol. The van der Waals surface area contributed by atoms with Gasteiger partial charge in [0.2, 0.25) is 0 Å². The van der Waals surface area contributed by atoms with Crippen molar-refractivity contribution < 1.29 is 4.74 Å². The molecular weight excluding hydrogens is 244 g/mol. The second-order valence-corrected chi connectivity index (χ2v) is 5.34. The third-order valence-corrected chi connectivity index (χ3v) is 3.90. The van der Waals surface area contributed by atoms with Crippen LogP contribution in [0.2, 0.25) is 0 Å². The van der Waals surface area contributed by atoms with E-state index >= 15 is 0 Å². The standard InChI is InChI=1S/C19H24O/c1-4-15(3)18-10-12-19(13-11-18)20-14-17-8-6-16(5-2)7-9-17/h6-13,15H,4-5,14H2,1-3H3. The second-order valence-electron chi connectivity index (χ2n) is 5.34. The number of hydrogen-bond donors (Lipinski definition) is 0. The summed E-state index contributed by atoms with van der Waals surface area (Å²) in [6.07, 6.45) is 2.25. The summed E-state index contributed by atoms with van der Waals surface area (Å²) in [4.78, 5) is 0. The predicted octanol–water partition coefficient (Wildman–Crippen LogP) is 5.34. The molecule has 1 atom stereocenters. The maximum atomic E-state index is 5.83. The van der Waals surface area contributed by atoms with Crippen LogP contribution in [0.5, 0.6) is 5.75 Å². The van der Waals surface area contributed by atoms with Gasteiger partial charge in [-0.2, -0.15) is 0 Å². The van der Waals surface area contributed by atoms with Crippen LogP contribution in [0, 0.1) is 0 Å². The number of ether oxygens (including phenoxy) is 1. The maximum Gasteiger partial charge on any atom is 0.119 e. The molecule has 0 aliphatic heterocycles. The van der Waals surface area contributed by atoms with Gasteiger partial charge in [-0.15, -0.1) is 0 Å². The van der Waals surface area contributed by atoms with Gasteiger partial charge in [0, 0.05) is 0 Å². The first-order valence-corrected chi connectivity index (χ1v) is 7.53. The van der Waals surface area contributed by atoms with Crippen LogP contribution < -0.4 is 4.74 Å². The summed E-state index contributed by atoms with van der Waals surface area (Å²) in [6.45, 7) is 7.28. The molecule has 0 spiro atoms. The van der Waals surface area contributed by atoms with Crippen LogP contribution in [0.3, 0.4) is 0 Å². The monoisotopic (exact) mass is 268 g/mol. The van der Waals surface area contributed by atoms with Gasteiger partial charge in [-0.3, -0.25) is 0 Å². The Morgan fingerprint density at radius 2 is 1.45 bits per heavy atom. The van der Waals surface area contributed by atoms with Gasteiger partial charge in [0.05, 0.1) is 0 Å². The molecule has 0 saturated heterocycles. The van der Waals surface area contributed by atoms with E-state index in [2.05, 4.69) is 69.3 Å². The average molecular weight is 268 g/mol. The summed E-state index contributed by atoms with van der Waals surface area (Å²) in [7, 11) is 0. The third-order valence-electron chi connectivity index (χ3n) is 3.90. The zero-order chi connectivity index (χ0) is 14.4. The van der Waals surface area contributed by atoms with Crippen LogP contribution in [-0.4, -0.2) is 0 Å². The SMILES string of the molecule is CCc1ccc(COc2ccc(C(C)CC)cc2)cc1. The third kappa shape index (κ3) is 3.86. The van der Waals surface area contributed by atoms with E-state index in [4.69, 9.17) is 4.74 Å². The van der Waals surface area contributed by atoms with Crippen molar-refractivity contribution in [3.63, 3.8) is 0 Å². The Bertz CT molecular complexity index is 510. The lowest BCUT2D eigenvalue weighted by molar-refractivity contribution is 0.306. The largest absolute Gasteiger partial charge is 0.489 e. The summed E-state index contributed by atoms with van der Waals surface area (Å²) >= 11 is 0. The Kier molecular flexibility index (Phi) is 5.23. The molecule has 0 aliphatic carbocycles. The highest BCUT2D eigenvalue weighted by atomic mass is 16.5. The molecule has 0 N–H and O–H groups in total. The van der Waals surface area contributed by atoms with Crippen LogP contribution in [0.25, 0.3) is 0 Å². The minimum Gasteiger partial charge on any atom is -0.489 e. The molecule has 0 aliphatic rings. The Balaban J connectivity index is 1.93. The van der Waals surface area contributed by atoms with Crippen molar-refractivity contribution in [2.45, 2.75) is 46.1 Å². The van der Waals surface area contributed by atoms with E-state index in [1.165, 1.54) is 23.1 Å². The van der Waals surface area contributed by atoms with Gasteiger partial charge in [0.15, 0.2) is 0 Å². The zero-order valence-electron chi connectivity index (χ0n) is 12.7. The Morgan fingerprint density at radius 3 is 2.00 bits per heavy atom. The summed E-state index contributed by atoms with van der Waals surface area (Å²) in [6, 6.07) is 17.1. The van der Waals surface area contributed by atoms with E-state index in [0.717, 1.165) is 12.2 Å². The van der Waals surface area contributed by atoms with Gasteiger partial charge in [-0.05, 0) is 47.6 Å². The van der Waals surface area contributed by atoms with Crippen LogP contribution in [0.1, 0.15) is 49.8 Å². The van der Waals surface area contributed by atoms with Crippen molar-refractivity contribution in [3.8, 4) is 5.75 Å². The molecule has 0 bridgehead atoms. The minimum absolute atomic E-state index is 0.616. The van der Waals surface area contributed by atoms with Gasteiger partial charge in [-0.1, -0.05) is 57.2 Å². The molecule has 1 nitrogen and oxygen atoms in total. The normalized spacial score (nSPS) is 12.2. The van der Waals surface area contributed by atoms with Crippen molar-refractivity contribution in [2.75, 3.05) is 0 Å². The van der Waals surface area contributed by atoms with Gasteiger partial charge < -0.3 is 4.74 Å². The number of hydrogen-bond acceptors (Lipinski definition) is 1. The lowest BCUT2D eigenvalue weighted by atomic mass is 9.99. The van der Waals surface area contributed by atoms with Gasteiger partial charge in [-0.25, -0.2) is 0 Å². The second kappa shape index (κ2) is 7.14. The topological polar surface area (TPSA) is 9.23 Å². The van der Waals surface area contributed by atoms with Crippen molar-refractivity contribution in [3.05, 3.63) is 65.2 Å². The molecule has 0 radical (unpaired) electrons. The molecule has 2 aromatic rings. The fourth-order valence-corrected chi connectivity index (χ4v) is 2.17. The van der Waals surface area contributed by atoms with Crippen LogP contribution in [0.15, 0.2) is 48.5 Å². The summed E-state index contributed by atoms with van der Waals surface area (Å²) in [5, 5.41) is 0. The molecular formula is C19H24O. The molecule has 1 heteroatoms. The average Bonchev–Trinajstić information content (AvgIpc) is 2.53. The number of aryl methyl sites for hydroxylation is 1. The summed E-state index contributed by atoms with van der Waals surface area (Å²) in [5.74, 6) is 1.56. The summed E-state index contributed by atoms with van der Waals surface area (Å²) < 4.78 is 5.83. The van der Waals surface area contributed by atoms with Crippen LogP contribution in [0.4, 0.5) is 0 Å². The fourth-order valence-electron chi connectivity index (χ4n) is 2.17. The molecule has 0 heterocycles. The highest BCUT2D eigenvalue weighted by Crippen LogP contribution is 2.22. The van der Waals surface area contributed by atoms with Crippen LogP contribution in [-0.2, 0) is 13.0 Å². The number of rotatable bonds is 6. The van der Waals surface area contributed by atoms with E-state index in [9.17, 15) is 0 Å². The molecule has 2 rings (SSSR count). The van der Waals surface area contributed by atoms with Gasteiger partial charge >= 0.3 is 0 Å². The van der Waals surface area contributed by atoms with Crippen molar-refractivity contribution in [1.82, 2.24) is 0 Å². The Morgan fingerprint density at radius 1 is 0.850 bits per heavy atom. The summed E-state index contributed by atoms with van der Waals surface area (Å²) in [5.41, 5.74) is 3.96. The van der Waals surface area contributed by atoms with E-state index in [0.29, 0.717) is 12.5 Å². The van der Waals surface area contributed by atoms with Crippen molar-refractivity contribution in [1.29, 1.82) is 0 Å². The zero-order valence-corrected chi connectivity index (χ0v) is 12.7. The lowest BCUT2D eigenvalue weighted by Crippen LogP contribution is -1.96. The first kappa shape index (κ1) is 14.6. The molecule has 20 heavy (non-hydrogen) atoms. The first-order valence-electron chi connectivity index (χ1n) is 7.53. The lowest BCUT2D eigenvalue weighted by Gasteiger charge is -2.11. The quantitative estimate of drug-likeness (QED) is 0.687. The number of benzene rings is 2. The van der Waals surface area contributed by atoms with E-state index in [1.807, 2.05) is 0 Å². The van der Waals surface area contributed by atoms with Gasteiger partial charge in [0.1, 0.15) is 12.4 Å². The minimum atomic E-state index is 0.616. The van der Waals surface area contributed by atoms with Crippen molar-refractivity contribution >= 4 is 0 Å². The van der Waals surface area contributed by atoms with Gasteiger partial charge in [0.25, 0.3) is 0 Å². The smallest absolute Gasteiger partial charge is 0.119 e. The van der Waals surface area contributed by atoms with Crippen molar-refractivity contribution in [2.24, 2.45) is 0 Å². The van der Waals surface area contributed by atoms with E-state index in [1.54, 1.807) is 0 Å². The highest BCUT2D eigenvalue weighted by molar-refractivity contribution is 5.30.